The van der Waals surface area contributed by atoms with Crippen LogP contribution < -0.4 is 0 Å². The van der Waals surface area contributed by atoms with Gasteiger partial charge >= 0.3 is 6.16 Å². The van der Waals surface area contributed by atoms with E-state index in [1.165, 1.54) is 19.3 Å². The van der Waals surface area contributed by atoms with E-state index in [4.69, 9.17) is 9.84 Å². The summed E-state index contributed by atoms with van der Waals surface area (Å²) in [5.41, 5.74) is 0. The smallest absolute Gasteiger partial charge is 0.450 e. The molecule has 0 aliphatic carbocycles. The molecule has 3 atom stereocenters. The van der Waals surface area contributed by atoms with Crippen molar-refractivity contribution in [2.45, 2.75) is 91.6 Å². The second-order valence-corrected chi connectivity index (χ2v) is 5.88. The van der Waals surface area contributed by atoms with Gasteiger partial charge in [0.1, 0.15) is 6.10 Å². The molecule has 0 aromatic heterocycles. The quantitative estimate of drug-likeness (QED) is 0.456. The third kappa shape index (κ3) is 8.44. The van der Waals surface area contributed by atoms with Gasteiger partial charge in [-0.3, -0.25) is 0 Å². The molecule has 0 rings (SSSR count). The van der Waals surface area contributed by atoms with Crippen molar-refractivity contribution in [3.05, 3.63) is 0 Å². The molecule has 3 nitrogen and oxygen atoms in total. The van der Waals surface area contributed by atoms with E-state index in [2.05, 4.69) is 27.7 Å². The zero-order valence-electron chi connectivity index (χ0n) is 13.9. The fraction of sp³-hybridized carbons (Fsp3) is 0.941. The highest BCUT2D eigenvalue weighted by Gasteiger charge is 2.26. The molecule has 0 aromatic rings. The van der Waals surface area contributed by atoms with Crippen LogP contribution in [0.25, 0.3) is 0 Å². The Labute approximate surface area is 125 Å². The first-order chi connectivity index (χ1) is 9.58. The molecule has 20 heavy (non-hydrogen) atoms. The van der Waals surface area contributed by atoms with Crippen LogP contribution in [0.15, 0.2) is 0 Å². The van der Waals surface area contributed by atoms with Crippen molar-refractivity contribution in [2.75, 3.05) is 0 Å². The lowest BCUT2D eigenvalue weighted by molar-refractivity contribution is 0.00758. The number of unbranched alkanes of at least 4 members (excludes halogenated alkanes) is 2. The summed E-state index contributed by atoms with van der Waals surface area (Å²) in [6, 6.07) is 0. The Morgan fingerprint density at radius 2 is 1.60 bits per heavy atom. The van der Waals surface area contributed by atoms with E-state index < -0.39 is 6.16 Å². The molecule has 1 N–H and O–H groups in total. The van der Waals surface area contributed by atoms with Crippen LogP contribution in [-0.2, 0) is 4.74 Å². The maximum atomic E-state index is 11.0. The minimum absolute atomic E-state index is 0.120. The van der Waals surface area contributed by atoms with Gasteiger partial charge in [0.2, 0.25) is 0 Å². The Balaban J connectivity index is 4.60. The van der Waals surface area contributed by atoms with Gasteiger partial charge in [-0.05, 0) is 31.1 Å². The van der Waals surface area contributed by atoms with E-state index in [1.54, 1.807) is 0 Å². The molecule has 0 aromatic carbocycles. The van der Waals surface area contributed by atoms with E-state index in [0.717, 1.165) is 38.5 Å². The maximum Gasteiger partial charge on any atom is 0.506 e. The van der Waals surface area contributed by atoms with Gasteiger partial charge in [-0.15, -0.1) is 0 Å². The normalized spacial score (nSPS) is 15.6. The van der Waals surface area contributed by atoms with Gasteiger partial charge in [-0.1, -0.05) is 66.2 Å². The third-order valence-corrected chi connectivity index (χ3v) is 4.34. The van der Waals surface area contributed by atoms with Crippen LogP contribution in [0, 0.1) is 11.8 Å². The Kier molecular flexibility index (Phi) is 11.6. The molecule has 3 heteroatoms. The molecule has 0 aliphatic heterocycles. The van der Waals surface area contributed by atoms with E-state index in [9.17, 15) is 4.79 Å². The third-order valence-electron chi connectivity index (χ3n) is 4.34. The van der Waals surface area contributed by atoms with Gasteiger partial charge in [0.05, 0.1) is 0 Å². The average Bonchev–Trinajstić information content (AvgIpc) is 2.43. The number of carbonyl (C=O) groups is 1. The van der Waals surface area contributed by atoms with Crippen molar-refractivity contribution in [1.82, 2.24) is 0 Å². The van der Waals surface area contributed by atoms with E-state index in [1.807, 2.05) is 0 Å². The van der Waals surface area contributed by atoms with E-state index in [0.29, 0.717) is 11.8 Å². The number of hydrogen-bond donors (Lipinski definition) is 1. The average molecular weight is 286 g/mol. The van der Waals surface area contributed by atoms with Crippen LogP contribution in [0.3, 0.4) is 0 Å². The first-order valence-corrected chi connectivity index (χ1v) is 8.48. The Hall–Kier alpha value is -0.730. The van der Waals surface area contributed by atoms with E-state index in [-0.39, 0.29) is 6.10 Å². The predicted octanol–water partition coefficient (Wildman–Crippen LogP) is 5.87. The van der Waals surface area contributed by atoms with Crippen molar-refractivity contribution >= 4 is 6.16 Å². The second-order valence-electron chi connectivity index (χ2n) is 5.88. The molecule has 120 valence electrons. The van der Waals surface area contributed by atoms with Crippen molar-refractivity contribution < 1.29 is 14.6 Å². The van der Waals surface area contributed by atoms with Gasteiger partial charge < -0.3 is 9.84 Å². The van der Waals surface area contributed by atoms with Gasteiger partial charge in [0.15, 0.2) is 0 Å². The van der Waals surface area contributed by atoms with Crippen molar-refractivity contribution in [1.29, 1.82) is 0 Å². The minimum atomic E-state index is -1.12. The van der Waals surface area contributed by atoms with Crippen LogP contribution >= 0.6 is 0 Å². The molecule has 0 amide bonds. The first kappa shape index (κ1) is 19.3. The standard InChI is InChI=1S/C17H34O3/c1-5-9-11-14(7-3)13-16(20-17(18)19)15(8-4)12-10-6-2/h14-16H,5-13H2,1-4H3,(H,18,19). The van der Waals surface area contributed by atoms with Crippen LogP contribution in [-0.4, -0.2) is 17.4 Å². The van der Waals surface area contributed by atoms with Gasteiger partial charge in [0, 0.05) is 0 Å². The lowest BCUT2D eigenvalue weighted by Crippen LogP contribution is -2.28. The second kappa shape index (κ2) is 12.0. The molecule has 0 radical (unpaired) electrons. The summed E-state index contributed by atoms with van der Waals surface area (Å²) in [6.07, 6.45) is 8.79. The summed E-state index contributed by atoms with van der Waals surface area (Å²) in [6.45, 7) is 8.72. The monoisotopic (exact) mass is 286 g/mol. The zero-order chi connectivity index (χ0) is 15.4. The molecule has 0 heterocycles. The van der Waals surface area contributed by atoms with Gasteiger partial charge in [-0.2, -0.15) is 0 Å². The zero-order valence-corrected chi connectivity index (χ0v) is 13.9. The summed E-state index contributed by atoms with van der Waals surface area (Å²) in [7, 11) is 0. The molecule has 0 saturated carbocycles. The number of rotatable bonds is 12. The molecular formula is C17H34O3. The van der Waals surface area contributed by atoms with Crippen LogP contribution in [0.1, 0.15) is 85.5 Å². The van der Waals surface area contributed by atoms with Crippen LogP contribution in [0.4, 0.5) is 4.79 Å². The first-order valence-electron chi connectivity index (χ1n) is 8.48. The summed E-state index contributed by atoms with van der Waals surface area (Å²) < 4.78 is 5.23. The summed E-state index contributed by atoms with van der Waals surface area (Å²) in [5.74, 6) is 0.969. The number of ether oxygens (including phenoxy) is 1. The number of carboxylic acid groups (broad SMARTS) is 1. The molecule has 0 fully saturated rings. The molecule has 0 saturated heterocycles. The number of hydrogen-bond acceptors (Lipinski definition) is 2. The van der Waals surface area contributed by atoms with Crippen molar-refractivity contribution in [3.63, 3.8) is 0 Å². The summed E-state index contributed by atoms with van der Waals surface area (Å²) >= 11 is 0. The summed E-state index contributed by atoms with van der Waals surface area (Å²) in [4.78, 5) is 11.0. The van der Waals surface area contributed by atoms with Gasteiger partial charge in [-0.25, -0.2) is 4.79 Å². The fourth-order valence-electron chi connectivity index (χ4n) is 2.90. The van der Waals surface area contributed by atoms with Crippen molar-refractivity contribution in [2.24, 2.45) is 11.8 Å². The molecule has 0 bridgehead atoms. The van der Waals surface area contributed by atoms with Gasteiger partial charge in [0.25, 0.3) is 0 Å². The van der Waals surface area contributed by atoms with Crippen molar-refractivity contribution in [3.8, 4) is 0 Å². The Bertz CT molecular complexity index is 240. The van der Waals surface area contributed by atoms with Crippen LogP contribution in [0.2, 0.25) is 0 Å². The lowest BCUT2D eigenvalue weighted by Gasteiger charge is -2.28. The Morgan fingerprint density at radius 3 is 2.05 bits per heavy atom. The highest BCUT2D eigenvalue weighted by molar-refractivity contribution is 5.57. The fourth-order valence-corrected chi connectivity index (χ4v) is 2.90. The molecular weight excluding hydrogens is 252 g/mol. The topological polar surface area (TPSA) is 46.5 Å². The Morgan fingerprint density at radius 1 is 1.00 bits per heavy atom. The van der Waals surface area contributed by atoms with E-state index >= 15 is 0 Å². The molecule has 0 spiro atoms. The molecule has 0 aliphatic rings. The summed E-state index contributed by atoms with van der Waals surface area (Å²) in [5, 5.41) is 8.99. The lowest BCUT2D eigenvalue weighted by atomic mass is 9.84. The SMILES string of the molecule is CCCCC(CC)CC(OC(=O)O)C(CC)CCCC. The van der Waals surface area contributed by atoms with Crippen LogP contribution in [0.5, 0.6) is 0 Å². The highest BCUT2D eigenvalue weighted by Crippen LogP contribution is 2.28. The maximum absolute atomic E-state index is 11.0. The molecule has 3 unspecified atom stereocenters. The predicted molar refractivity (Wildman–Crippen MR) is 84.1 cm³/mol. The minimum Gasteiger partial charge on any atom is -0.450 e. The highest BCUT2D eigenvalue weighted by atomic mass is 16.7. The largest absolute Gasteiger partial charge is 0.506 e.